The molecule has 0 bridgehead atoms. The fourth-order valence-corrected chi connectivity index (χ4v) is 0.264. The van der Waals surface area contributed by atoms with Crippen molar-refractivity contribution in [2.24, 2.45) is 0 Å². The first-order valence-electron chi connectivity index (χ1n) is 2.47. The molecule has 0 aromatic carbocycles. The molecule has 8 heavy (non-hydrogen) atoms. The maximum absolute atomic E-state index is 4.96. The van der Waals surface area contributed by atoms with Gasteiger partial charge < -0.3 is 4.74 Å². The van der Waals surface area contributed by atoms with Gasteiger partial charge in [-0.15, -0.1) is 0 Å². The molecule has 0 amide bonds. The van der Waals surface area contributed by atoms with Crippen LogP contribution in [0.3, 0.4) is 0 Å². The van der Waals surface area contributed by atoms with Gasteiger partial charge in [-0.2, -0.15) is 0 Å². The van der Waals surface area contributed by atoms with Crippen LogP contribution in [-0.4, -0.2) is 12.7 Å². The molecule has 0 aromatic rings. The van der Waals surface area contributed by atoms with Gasteiger partial charge in [0.25, 0.3) is 0 Å². The third-order valence-electron chi connectivity index (χ3n) is 0.900. The van der Waals surface area contributed by atoms with Gasteiger partial charge in [0.15, 0.2) is 0 Å². The highest BCUT2D eigenvalue weighted by Gasteiger charge is 2.09. The van der Waals surface area contributed by atoms with Crippen molar-refractivity contribution in [1.82, 2.24) is 0 Å². The predicted molar refractivity (Wildman–Crippen MR) is 34.2 cm³/mol. The number of ether oxygens (including phenoxy) is 1. The van der Waals surface area contributed by atoms with Gasteiger partial charge >= 0.3 is 0 Å². The topological polar surface area (TPSA) is 9.23 Å². The van der Waals surface area contributed by atoms with E-state index in [2.05, 4.69) is 18.8 Å². The summed E-state index contributed by atoms with van der Waals surface area (Å²) >= 11 is 0. The van der Waals surface area contributed by atoms with E-state index < -0.39 is 0 Å². The summed E-state index contributed by atoms with van der Waals surface area (Å²) in [5.74, 6) is 5.32. The highest BCUT2D eigenvalue weighted by molar-refractivity contribution is 5.12. The highest BCUT2D eigenvalue weighted by atomic mass is 16.5. The van der Waals surface area contributed by atoms with Crippen molar-refractivity contribution in [2.45, 2.75) is 19.4 Å². The summed E-state index contributed by atoms with van der Waals surface area (Å²) < 4.78 is 4.96. The summed E-state index contributed by atoms with van der Waals surface area (Å²) in [7, 11) is 1.63. The van der Waals surface area contributed by atoms with Gasteiger partial charge in [-0.05, 0) is 13.8 Å². The Morgan fingerprint density at radius 1 is 1.50 bits per heavy atom. The van der Waals surface area contributed by atoms with Gasteiger partial charge in [0, 0.05) is 14.0 Å². The molecule has 0 aliphatic heterocycles. The fourth-order valence-electron chi connectivity index (χ4n) is 0.264. The minimum absolute atomic E-state index is 0.332. The van der Waals surface area contributed by atoms with Crippen LogP contribution in [0.15, 0.2) is 0 Å². The average Bonchev–Trinajstić information content (AvgIpc) is 1.67. The first-order chi connectivity index (χ1) is 3.62. The number of rotatable bonds is 1. The maximum Gasteiger partial charge on any atom is 0.122 e. The van der Waals surface area contributed by atoms with Crippen LogP contribution in [0.4, 0.5) is 0 Å². The number of hydrogen-bond acceptors (Lipinski definition) is 1. The van der Waals surface area contributed by atoms with Crippen molar-refractivity contribution >= 4 is 0 Å². The Kier molecular flexibility index (Phi) is 2.57. The Morgan fingerprint density at radius 3 is 2.12 bits per heavy atom. The summed E-state index contributed by atoms with van der Waals surface area (Å²) in [5, 5.41) is 0. The van der Waals surface area contributed by atoms with Gasteiger partial charge in [0.2, 0.25) is 0 Å². The SMILES string of the molecule is [CH2]C#CC(C)(C)OC. The lowest BCUT2D eigenvalue weighted by atomic mass is 10.1. The molecular formula is C7H11O. The molecule has 45 valence electrons. The third-order valence-corrected chi connectivity index (χ3v) is 0.900. The van der Waals surface area contributed by atoms with E-state index in [0.717, 1.165) is 0 Å². The number of hydrogen-bond donors (Lipinski definition) is 0. The molecular weight excluding hydrogens is 100 g/mol. The fraction of sp³-hybridized carbons (Fsp3) is 0.571. The largest absolute Gasteiger partial charge is 0.366 e. The lowest BCUT2D eigenvalue weighted by Gasteiger charge is -2.13. The van der Waals surface area contributed by atoms with Crippen LogP contribution in [0.5, 0.6) is 0 Å². The first-order valence-corrected chi connectivity index (χ1v) is 2.47. The van der Waals surface area contributed by atoms with Crippen LogP contribution in [0.2, 0.25) is 0 Å². The second-order valence-corrected chi connectivity index (χ2v) is 2.02. The molecule has 0 saturated heterocycles. The molecule has 1 radical (unpaired) electrons. The van der Waals surface area contributed by atoms with E-state index in [4.69, 9.17) is 4.74 Å². The molecule has 0 aliphatic rings. The molecule has 1 heteroatoms. The molecule has 0 aromatic heterocycles. The van der Waals surface area contributed by atoms with Crippen LogP contribution in [0.1, 0.15) is 13.8 Å². The highest BCUT2D eigenvalue weighted by Crippen LogP contribution is 2.03. The Morgan fingerprint density at radius 2 is 2.00 bits per heavy atom. The summed E-state index contributed by atoms with van der Waals surface area (Å²) in [6, 6.07) is 0. The first kappa shape index (κ1) is 7.52. The molecule has 0 saturated carbocycles. The molecule has 0 rings (SSSR count). The molecule has 0 N–H and O–H groups in total. The minimum atomic E-state index is -0.332. The van der Waals surface area contributed by atoms with Crippen molar-refractivity contribution in [3.63, 3.8) is 0 Å². The zero-order chi connectivity index (χ0) is 6.62. The quantitative estimate of drug-likeness (QED) is 0.463. The van der Waals surface area contributed by atoms with Gasteiger partial charge in [-0.1, -0.05) is 11.8 Å². The lowest BCUT2D eigenvalue weighted by Crippen LogP contribution is -2.18. The second kappa shape index (κ2) is 2.74. The molecule has 0 aliphatic carbocycles. The van der Waals surface area contributed by atoms with E-state index in [0.29, 0.717) is 0 Å². The Bertz CT molecular complexity index is 114. The molecule has 0 spiro atoms. The van der Waals surface area contributed by atoms with Crippen molar-refractivity contribution in [1.29, 1.82) is 0 Å². The summed E-state index contributed by atoms with van der Waals surface area (Å²) in [4.78, 5) is 0. The molecule has 1 nitrogen and oxygen atoms in total. The Labute approximate surface area is 51.0 Å². The van der Waals surface area contributed by atoms with E-state index in [1.54, 1.807) is 7.11 Å². The maximum atomic E-state index is 4.96. The van der Waals surface area contributed by atoms with Crippen molar-refractivity contribution < 1.29 is 4.74 Å². The van der Waals surface area contributed by atoms with Gasteiger partial charge in [0.1, 0.15) is 5.60 Å². The van der Waals surface area contributed by atoms with Crippen LogP contribution >= 0.6 is 0 Å². The van der Waals surface area contributed by atoms with Crippen molar-refractivity contribution in [3.8, 4) is 11.8 Å². The standard InChI is InChI=1S/C7H11O/c1-5-6-7(2,3)8-4/h1H2,2-4H3. The van der Waals surface area contributed by atoms with Crippen LogP contribution in [-0.2, 0) is 4.74 Å². The van der Waals surface area contributed by atoms with Gasteiger partial charge in [0.05, 0.1) is 0 Å². The normalized spacial score (nSPS) is 10.0. The second-order valence-electron chi connectivity index (χ2n) is 2.02. The monoisotopic (exact) mass is 111 g/mol. The predicted octanol–water partition coefficient (Wildman–Crippen LogP) is 1.25. The van der Waals surface area contributed by atoms with E-state index in [1.165, 1.54) is 0 Å². The third kappa shape index (κ3) is 2.65. The Hall–Kier alpha value is -0.480. The van der Waals surface area contributed by atoms with Crippen molar-refractivity contribution in [2.75, 3.05) is 7.11 Å². The number of methoxy groups -OCH3 is 1. The zero-order valence-corrected chi connectivity index (χ0v) is 5.62. The molecule has 0 atom stereocenters. The van der Waals surface area contributed by atoms with E-state index >= 15 is 0 Å². The summed E-state index contributed by atoms with van der Waals surface area (Å²) in [6.45, 7) is 7.17. The van der Waals surface area contributed by atoms with Crippen LogP contribution in [0, 0.1) is 18.8 Å². The van der Waals surface area contributed by atoms with E-state index in [-0.39, 0.29) is 5.60 Å². The molecule has 0 unspecified atom stereocenters. The van der Waals surface area contributed by atoms with E-state index in [1.807, 2.05) is 13.8 Å². The van der Waals surface area contributed by atoms with Gasteiger partial charge in [-0.3, -0.25) is 0 Å². The average molecular weight is 111 g/mol. The van der Waals surface area contributed by atoms with Crippen LogP contribution < -0.4 is 0 Å². The summed E-state index contributed by atoms with van der Waals surface area (Å²) in [6.07, 6.45) is 0. The van der Waals surface area contributed by atoms with E-state index in [9.17, 15) is 0 Å². The zero-order valence-electron chi connectivity index (χ0n) is 5.62. The lowest BCUT2D eigenvalue weighted by molar-refractivity contribution is 0.0742. The molecule has 0 fully saturated rings. The van der Waals surface area contributed by atoms with Crippen LogP contribution in [0.25, 0.3) is 0 Å². The Balaban J connectivity index is 3.85. The van der Waals surface area contributed by atoms with Crippen molar-refractivity contribution in [3.05, 3.63) is 6.92 Å². The minimum Gasteiger partial charge on any atom is -0.366 e. The van der Waals surface area contributed by atoms with Gasteiger partial charge in [-0.25, -0.2) is 0 Å². The smallest absolute Gasteiger partial charge is 0.122 e. The summed E-state index contributed by atoms with van der Waals surface area (Å²) in [5.41, 5.74) is -0.332. The molecule has 0 heterocycles.